The van der Waals surface area contributed by atoms with E-state index in [1.165, 1.54) is 6.42 Å². The van der Waals surface area contributed by atoms with Crippen LogP contribution in [0.3, 0.4) is 0 Å². The maximum atomic E-state index is 8.97. The average Bonchev–Trinajstić information content (AvgIpc) is 2.86. The van der Waals surface area contributed by atoms with Gasteiger partial charge in [-0.25, -0.2) is 0 Å². The molecule has 1 atom stereocenters. The van der Waals surface area contributed by atoms with E-state index in [4.69, 9.17) is 9.52 Å². The first-order valence-electron chi connectivity index (χ1n) is 6.87. The molecule has 0 aromatic carbocycles. The highest BCUT2D eigenvalue weighted by molar-refractivity contribution is 5.06. The van der Waals surface area contributed by atoms with Gasteiger partial charge in [0.15, 0.2) is 0 Å². The first kappa shape index (κ1) is 13.6. The van der Waals surface area contributed by atoms with Gasteiger partial charge in [0.2, 0.25) is 0 Å². The molecule has 1 aliphatic heterocycles. The van der Waals surface area contributed by atoms with Crippen molar-refractivity contribution >= 4 is 0 Å². The van der Waals surface area contributed by atoms with Crippen molar-refractivity contribution in [1.29, 1.82) is 0 Å². The van der Waals surface area contributed by atoms with Crippen molar-refractivity contribution in [2.45, 2.75) is 39.5 Å². The largest absolute Gasteiger partial charge is 0.462 e. The third kappa shape index (κ3) is 3.34. The second-order valence-corrected chi connectivity index (χ2v) is 5.10. The molecule has 0 aliphatic carbocycles. The molecule has 0 radical (unpaired) electrons. The number of rotatable bonds is 5. The molecule has 1 aliphatic rings. The molecule has 1 unspecified atom stereocenters. The number of hydrogen-bond donors (Lipinski definition) is 1. The fourth-order valence-corrected chi connectivity index (χ4v) is 2.43. The monoisotopic (exact) mass is 252 g/mol. The average molecular weight is 252 g/mol. The summed E-state index contributed by atoms with van der Waals surface area (Å²) >= 11 is 0. The van der Waals surface area contributed by atoms with Gasteiger partial charge in [-0.05, 0) is 25.5 Å². The van der Waals surface area contributed by atoms with E-state index < -0.39 is 0 Å². The Morgan fingerprint density at radius 2 is 1.89 bits per heavy atom. The second-order valence-electron chi connectivity index (χ2n) is 5.10. The molecule has 4 nitrogen and oxygen atoms in total. The van der Waals surface area contributed by atoms with Crippen LogP contribution in [0.1, 0.15) is 31.8 Å². The molecule has 0 bridgehead atoms. The van der Waals surface area contributed by atoms with Crippen LogP contribution in [0.4, 0.5) is 0 Å². The minimum Gasteiger partial charge on any atom is -0.462 e. The van der Waals surface area contributed by atoms with E-state index in [2.05, 4.69) is 23.6 Å². The summed E-state index contributed by atoms with van der Waals surface area (Å²) in [5.41, 5.74) is 0. The van der Waals surface area contributed by atoms with E-state index in [0.717, 1.165) is 38.5 Å². The van der Waals surface area contributed by atoms with Gasteiger partial charge in [0.1, 0.15) is 18.1 Å². The molecule has 18 heavy (non-hydrogen) atoms. The molecule has 4 heteroatoms. The summed E-state index contributed by atoms with van der Waals surface area (Å²) in [6.07, 6.45) is 1.22. The molecule has 0 amide bonds. The molecule has 1 aromatic heterocycles. The van der Waals surface area contributed by atoms with Crippen molar-refractivity contribution in [3.8, 4) is 0 Å². The number of aliphatic hydroxyl groups is 1. The molecular weight excluding hydrogens is 228 g/mol. The van der Waals surface area contributed by atoms with Crippen molar-refractivity contribution in [1.82, 2.24) is 9.80 Å². The van der Waals surface area contributed by atoms with E-state index in [0.29, 0.717) is 11.8 Å². The Morgan fingerprint density at radius 3 is 2.44 bits per heavy atom. The van der Waals surface area contributed by atoms with E-state index in [-0.39, 0.29) is 6.61 Å². The lowest BCUT2D eigenvalue weighted by molar-refractivity contribution is 0.0911. The van der Waals surface area contributed by atoms with Crippen LogP contribution in [0, 0.1) is 0 Å². The highest BCUT2D eigenvalue weighted by Gasteiger charge is 2.20. The number of nitrogens with zero attached hydrogens (tertiary/aromatic N) is 2. The first-order valence-corrected chi connectivity index (χ1v) is 6.87. The van der Waals surface area contributed by atoms with Crippen LogP contribution in [0.2, 0.25) is 0 Å². The zero-order valence-electron chi connectivity index (χ0n) is 11.4. The highest BCUT2D eigenvalue weighted by Crippen LogP contribution is 2.14. The third-order valence-electron chi connectivity index (χ3n) is 3.87. The molecule has 0 spiro atoms. The van der Waals surface area contributed by atoms with Gasteiger partial charge >= 0.3 is 0 Å². The summed E-state index contributed by atoms with van der Waals surface area (Å²) in [5, 5.41) is 8.97. The molecular formula is C14H24N2O2. The molecule has 0 saturated carbocycles. The molecule has 2 heterocycles. The minimum atomic E-state index is -0.0121. The maximum absolute atomic E-state index is 8.97. The van der Waals surface area contributed by atoms with Crippen LogP contribution in [0.15, 0.2) is 16.5 Å². The van der Waals surface area contributed by atoms with E-state index in [1.807, 2.05) is 12.1 Å². The lowest BCUT2D eigenvalue weighted by Crippen LogP contribution is -2.48. The van der Waals surface area contributed by atoms with Gasteiger partial charge < -0.3 is 9.52 Å². The summed E-state index contributed by atoms with van der Waals surface area (Å²) in [6, 6.07) is 4.51. The topological polar surface area (TPSA) is 39.9 Å². The Hall–Kier alpha value is -0.840. The number of hydrogen-bond acceptors (Lipinski definition) is 4. The molecule has 1 N–H and O–H groups in total. The Bertz CT molecular complexity index is 356. The van der Waals surface area contributed by atoms with Crippen molar-refractivity contribution in [2.24, 2.45) is 0 Å². The van der Waals surface area contributed by atoms with Gasteiger partial charge in [-0.15, -0.1) is 0 Å². The third-order valence-corrected chi connectivity index (χ3v) is 3.87. The number of piperazine rings is 1. The van der Waals surface area contributed by atoms with Gasteiger partial charge in [-0.2, -0.15) is 0 Å². The fraction of sp³-hybridized carbons (Fsp3) is 0.714. The van der Waals surface area contributed by atoms with Crippen LogP contribution < -0.4 is 0 Å². The van der Waals surface area contributed by atoms with Gasteiger partial charge in [-0.1, -0.05) is 6.92 Å². The summed E-state index contributed by atoms with van der Waals surface area (Å²) in [6.45, 7) is 9.87. The summed E-state index contributed by atoms with van der Waals surface area (Å²) in [7, 11) is 0. The Kier molecular flexibility index (Phi) is 4.80. The Balaban J connectivity index is 1.79. The zero-order chi connectivity index (χ0) is 13.0. The smallest absolute Gasteiger partial charge is 0.129 e. The Labute approximate surface area is 109 Å². The minimum absolute atomic E-state index is 0.0121. The van der Waals surface area contributed by atoms with Gasteiger partial charge in [0.25, 0.3) is 0 Å². The standard InChI is InChI=1S/C14H24N2O2/c1-3-12(2)16-8-6-15(7-9-16)10-13-4-5-14(11-17)18-13/h4-5,12,17H,3,6-11H2,1-2H3. The van der Waals surface area contributed by atoms with Gasteiger partial charge in [0, 0.05) is 32.2 Å². The number of furan rings is 1. The maximum Gasteiger partial charge on any atom is 0.129 e. The van der Waals surface area contributed by atoms with E-state index in [1.54, 1.807) is 0 Å². The predicted molar refractivity (Wildman–Crippen MR) is 71.2 cm³/mol. The van der Waals surface area contributed by atoms with Crippen molar-refractivity contribution in [2.75, 3.05) is 26.2 Å². The molecule has 1 saturated heterocycles. The highest BCUT2D eigenvalue weighted by atomic mass is 16.4. The van der Waals surface area contributed by atoms with Gasteiger partial charge in [-0.3, -0.25) is 9.80 Å². The zero-order valence-corrected chi connectivity index (χ0v) is 11.4. The normalized spacial score (nSPS) is 20.2. The van der Waals surface area contributed by atoms with E-state index >= 15 is 0 Å². The summed E-state index contributed by atoms with van der Waals surface area (Å²) < 4.78 is 5.53. The summed E-state index contributed by atoms with van der Waals surface area (Å²) in [5.74, 6) is 1.61. The quantitative estimate of drug-likeness (QED) is 0.865. The van der Waals surface area contributed by atoms with Crippen molar-refractivity contribution < 1.29 is 9.52 Å². The lowest BCUT2D eigenvalue weighted by atomic mass is 10.2. The van der Waals surface area contributed by atoms with Crippen LogP contribution >= 0.6 is 0 Å². The van der Waals surface area contributed by atoms with Crippen LogP contribution in [-0.2, 0) is 13.2 Å². The number of aliphatic hydroxyl groups excluding tert-OH is 1. The summed E-state index contributed by atoms with van der Waals surface area (Å²) in [4.78, 5) is 4.97. The van der Waals surface area contributed by atoms with Crippen molar-refractivity contribution in [3.05, 3.63) is 23.7 Å². The SMILES string of the molecule is CCC(C)N1CCN(Cc2ccc(CO)o2)CC1. The van der Waals surface area contributed by atoms with Gasteiger partial charge in [0.05, 0.1) is 6.54 Å². The second kappa shape index (κ2) is 6.36. The lowest BCUT2D eigenvalue weighted by Gasteiger charge is -2.37. The van der Waals surface area contributed by atoms with Crippen LogP contribution in [0.5, 0.6) is 0 Å². The fourth-order valence-electron chi connectivity index (χ4n) is 2.43. The van der Waals surface area contributed by atoms with Crippen LogP contribution in [0.25, 0.3) is 0 Å². The molecule has 2 rings (SSSR count). The predicted octanol–water partition coefficient (Wildman–Crippen LogP) is 1.69. The molecule has 1 fully saturated rings. The van der Waals surface area contributed by atoms with Crippen molar-refractivity contribution in [3.63, 3.8) is 0 Å². The van der Waals surface area contributed by atoms with E-state index in [9.17, 15) is 0 Å². The molecule has 102 valence electrons. The molecule has 1 aromatic rings. The van der Waals surface area contributed by atoms with Crippen LogP contribution in [-0.4, -0.2) is 47.1 Å². The Morgan fingerprint density at radius 1 is 1.22 bits per heavy atom. The first-order chi connectivity index (χ1) is 8.72.